The molecule has 162 valence electrons. The number of nitrogens with zero attached hydrogens (tertiary/aromatic N) is 5. The molecular weight excluding hydrogens is 400 g/mol. The number of hydrogen-bond donors (Lipinski definition) is 1. The van der Waals surface area contributed by atoms with Crippen LogP contribution in [-0.2, 0) is 11.2 Å². The van der Waals surface area contributed by atoms with Crippen LogP contribution in [0.15, 0.2) is 42.6 Å². The Morgan fingerprint density at radius 1 is 1.13 bits per heavy atom. The first-order valence-electron chi connectivity index (χ1n) is 9.61. The van der Waals surface area contributed by atoms with Gasteiger partial charge in [-0.2, -0.15) is 5.10 Å². The second-order valence-corrected chi connectivity index (χ2v) is 6.65. The second-order valence-electron chi connectivity index (χ2n) is 6.65. The van der Waals surface area contributed by atoms with Gasteiger partial charge in [-0.05, 0) is 24.6 Å². The number of benzene rings is 1. The van der Waals surface area contributed by atoms with Gasteiger partial charge in [0.25, 0.3) is 5.91 Å². The zero-order chi connectivity index (χ0) is 22.4. The van der Waals surface area contributed by atoms with Gasteiger partial charge in [0.2, 0.25) is 11.8 Å². The predicted octanol–water partition coefficient (Wildman–Crippen LogP) is 1.95. The number of rotatable bonds is 8. The summed E-state index contributed by atoms with van der Waals surface area (Å²) in [7, 11) is 4.62. The fraction of sp³-hybridized carbons (Fsp3) is 0.286. The third-order valence-electron chi connectivity index (χ3n) is 4.57. The Morgan fingerprint density at radius 3 is 2.58 bits per heavy atom. The molecule has 0 fully saturated rings. The van der Waals surface area contributed by atoms with Crippen LogP contribution in [-0.4, -0.2) is 64.5 Å². The number of carbonyl (C=O) groups is 2. The van der Waals surface area contributed by atoms with Gasteiger partial charge in [-0.1, -0.05) is 13.0 Å². The third-order valence-corrected chi connectivity index (χ3v) is 4.57. The standard InChI is InChI=1S/C21H24N6O4/c1-5-17-16(12-22-27(17)18-9-10-20(31-4)25-24-18)21(29)26(2)13-19(28)23-14-7-6-8-15(11-14)30-3/h6-12H,5,13H2,1-4H3,(H,23,28). The van der Waals surface area contributed by atoms with Crippen LogP contribution in [0, 0.1) is 0 Å². The lowest BCUT2D eigenvalue weighted by atomic mass is 10.2. The summed E-state index contributed by atoms with van der Waals surface area (Å²) in [6, 6.07) is 10.4. The summed E-state index contributed by atoms with van der Waals surface area (Å²) in [5.41, 5.74) is 1.66. The average molecular weight is 424 g/mol. The van der Waals surface area contributed by atoms with E-state index >= 15 is 0 Å². The van der Waals surface area contributed by atoms with Crippen LogP contribution in [0.1, 0.15) is 23.0 Å². The lowest BCUT2D eigenvalue weighted by Gasteiger charge is -2.17. The van der Waals surface area contributed by atoms with Gasteiger partial charge in [0.1, 0.15) is 5.75 Å². The molecule has 0 unspecified atom stereocenters. The lowest BCUT2D eigenvalue weighted by Crippen LogP contribution is -2.35. The molecule has 0 aliphatic carbocycles. The Bertz CT molecular complexity index is 1060. The molecule has 0 aliphatic heterocycles. The molecule has 31 heavy (non-hydrogen) atoms. The van der Waals surface area contributed by atoms with Gasteiger partial charge >= 0.3 is 0 Å². The summed E-state index contributed by atoms with van der Waals surface area (Å²) in [6.07, 6.45) is 2.02. The molecule has 1 aromatic carbocycles. The van der Waals surface area contributed by atoms with E-state index in [1.807, 2.05) is 6.92 Å². The minimum absolute atomic E-state index is 0.118. The van der Waals surface area contributed by atoms with E-state index in [-0.39, 0.29) is 18.4 Å². The summed E-state index contributed by atoms with van der Waals surface area (Å²) >= 11 is 0. The number of nitrogens with one attached hydrogen (secondary N) is 1. The van der Waals surface area contributed by atoms with Crippen molar-refractivity contribution in [2.24, 2.45) is 0 Å². The number of carbonyl (C=O) groups excluding carboxylic acids is 2. The molecule has 10 heteroatoms. The van der Waals surface area contributed by atoms with E-state index in [4.69, 9.17) is 9.47 Å². The maximum Gasteiger partial charge on any atom is 0.257 e. The summed E-state index contributed by atoms with van der Waals surface area (Å²) in [5.74, 6) is 0.840. The van der Waals surface area contributed by atoms with Crippen LogP contribution in [0.25, 0.3) is 5.82 Å². The van der Waals surface area contributed by atoms with E-state index < -0.39 is 0 Å². The first-order chi connectivity index (χ1) is 15.0. The van der Waals surface area contributed by atoms with Crippen molar-refractivity contribution in [1.29, 1.82) is 0 Å². The molecule has 0 aliphatic rings. The van der Waals surface area contributed by atoms with E-state index in [2.05, 4.69) is 20.6 Å². The average Bonchev–Trinajstić information content (AvgIpc) is 3.22. The SMILES string of the molecule is CCc1c(C(=O)N(C)CC(=O)Nc2cccc(OC)c2)cnn1-c1ccc(OC)nn1. The molecule has 0 saturated carbocycles. The van der Waals surface area contributed by atoms with E-state index in [1.54, 1.807) is 55.2 Å². The zero-order valence-electron chi connectivity index (χ0n) is 17.8. The van der Waals surface area contributed by atoms with Gasteiger partial charge < -0.3 is 19.7 Å². The monoisotopic (exact) mass is 424 g/mol. The molecule has 2 heterocycles. The van der Waals surface area contributed by atoms with Crippen molar-refractivity contribution in [3.8, 4) is 17.4 Å². The number of amides is 2. The smallest absolute Gasteiger partial charge is 0.257 e. The summed E-state index contributed by atoms with van der Waals surface area (Å²) < 4.78 is 11.7. The number of likely N-dealkylation sites (N-methyl/N-ethyl adjacent to an activating group) is 1. The molecule has 0 spiro atoms. The quantitative estimate of drug-likeness (QED) is 0.588. The van der Waals surface area contributed by atoms with Gasteiger partial charge in [0.15, 0.2) is 5.82 Å². The Kier molecular flexibility index (Phi) is 6.81. The van der Waals surface area contributed by atoms with Crippen molar-refractivity contribution < 1.29 is 19.1 Å². The number of methoxy groups -OCH3 is 2. The summed E-state index contributed by atoms with van der Waals surface area (Å²) in [6.45, 7) is 1.80. The van der Waals surface area contributed by atoms with E-state index in [0.29, 0.717) is 40.8 Å². The number of anilines is 1. The maximum absolute atomic E-state index is 13.0. The van der Waals surface area contributed by atoms with Crippen LogP contribution in [0.5, 0.6) is 11.6 Å². The molecular formula is C21H24N6O4. The van der Waals surface area contributed by atoms with Crippen molar-refractivity contribution in [3.63, 3.8) is 0 Å². The Morgan fingerprint density at radius 2 is 1.94 bits per heavy atom. The van der Waals surface area contributed by atoms with Crippen molar-refractivity contribution in [3.05, 3.63) is 53.9 Å². The van der Waals surface area contributed by atoms with E-state index in [1.165, 1.54) is 18.2 Å². The number of aromatic nitrogens is 4. The Hall–Kier alpha value is -3.95. The van der Waals surface area contributed by atoms with E-state index in [0.717, 1.165) is 0 Å². The molecule has 0 bridgehead atoms. The van der Waals surface area contributed by atoms with Crippen LogP contribution in [0.2, 0.25) is 0 Å². The highest BCUT2D eigenvalue weighted by Crippen LogP contribution is 2.18. The van der Waals surface area contributed by atoms with Crippen molar-refractivity contribution in [1.82, 2.24) is 24.9 Å². The van der Waals surface area contributed by atoms with Gasteiger partial charge in [0, 0.05) is 24.9 Å². The normalized spacial score (nSPS) is 10.5. The van der Waals surface area contributed by atoms with Crippen molar-refractivity contribution in [2.75, 3.05) is 33.1 Å². The topological polar surface area (TPSA) is 111 Å². The third kappa shape index (κ3) is 4.97. The fourth-order valence-electron chi connectivity index (χ4n) is 3.02. The van der Waals surface area contributed by atoms with E-state index in [9.17, 15) is 9.59 Å². The van der Waals surface area contributed by atoms with Gasteiger partial charge in [0.05, 0.1) is 38.2 Å². The van der Waals surface area contributed by atoms with Crippen LogP contribution in [0.4, 0.5) is 5.69 Å². The summed E-state index contributed by atoms with van der Waals surface area (Å²) in [4.78, 5) is 26.7. The highest BCUT2D eigenvalue weighted by atomic mass is 16.5. The maximum atomic E-state index is 13.0. The second kappa shape index (κ2) is 9.70. The van der Waals surface area contributed by atoms with Crippen molar-refractivity contribution >= 4 is 17.5 Å². The molecule has 10 nitrogen and oxygen atoms in total. The van der Waals surface area contributed by atoms with Crippen LogP contribution >= 0.6 is 0 Å². The Labute approximate surface area is 179 Å². The first-order valence-corrected chi connectivity index (χ1v) is 9.61. The predicted molar refractivity (Wildman–Crippen MR) is 114 cm³/mol. The highest BCUT2D eigenvalue weighted by Gasteiger charge is 2.22. The number of hydrogen-bond acceptors (Lipinski definition) is 7. The molecule has 3 rings (SSSR count). The van der Waals surface area contributed by atoms with Gasteiger partial charge in [-0.3, -0.25) is 9.59 Å². The van der Waals surface area contributed by atoms with Crippen LogP contribution in [0.3, 0.4) is 0 Å². The van der Waals surface area contributed by atoms with Gasteiger partial charge in [-0.15, -0.1) is 10.2 Å². The molecule has 1 N–H and O–H groups in total. The first kappa shape index (κ1) is 21.8. The Balaban J connectivity index is 1.72. The lowest BCUT2D eigenvalue weighted by molar-refractivity contribution is -0.116. The summed E-state index contributed by atoms with van der Waals surface area (Å²) in [5, 5.41) is 15.1. The molecule has 3 aromatic rings. The minimum Gasteiger partial charge on any atom is -0.497 e. The molecule has 0 saturated heterocycles. The van der Waals surface area contributed by atoms with Gasteiger partial charge in [-0.25, -0.2) is 4.68 Å². The number of ether oxygens (including phenoxy) is 2. The largest absolute Gasteiger partial charge is 0.497 e. The molecule has 0 radical (unpaired) electrons. The molecule has 2 aromatic heterocycles. The van der Waals surface area contributed by atoms with Crippen molar-refractivity contribution in [2.45, 2.75) is 13.3 Å². The fourth-order valence-corrected chi connectivity index (χ4v) is 3.02. The minimum atomic E-state index is -0.324. The molecule has 0 atom stereocenters. The zero-order valence-corrected chi connectivity index (χ0v) is 17.8. The van der Waals surface area contributed by atoms with Crippen LogP contribution < -0.4 is 14.8 Å². The molecule has 2 amide bonds. The highest BCUT2D eigenvalue weighted by molar-refractivity contribution is 5.99.